The number of rotatable bonds is 11. The Hall–Kier alpha value is -4.49. The Morgan fingerprint density at radius 2 is 1.14 bits per heavy atom. The van der Waals surface area contributed by atoms with Crippen molar-refractivity contribution in [3.05, 3.63) is 136 Å². The number of nitrogens with zero attached hydrogens (tertiary/aromatic N) is 2. The molecule has 0 saturated carbocycles. The number of unbranched alkanes of at least 4 members (excludes halogenated alkanes) is 1. The molecule has 0 atom stereocenters. The molecule has 1 heterocycles. The summed E-state index contributed by atoms with van der Waals surface area (Å²) in [5, 5.41) is 0. The smallest absolute Gasteiger partial charge is 0.339 e. The number of carbonyl (C=O) groups is 2. The summed E-state index contributed by atoms with van der Waals surface area (Å²) < 4.78 is 17.0. The maximum absolute atomic E-state index is 13.0. The zero-order chi connectivity index (χ0) is 36.1. The van der Waals surface area contributed by atoms with E-state index in [1.54, 1.807) is 0 Å². The lowest BCUT2D eigenvalue weighted by molar-refractivity contribution is -0.698. The van der Waals surface area contributed by atoms with Crippen LogP contribution in [0.3, 0.4) is 0 Å². The number of halogens is 1. The van der Waals surface area contributed by atoms with Crippen LogP contribution in [-0.4, -0.2) is 27.7 Å². The monoisotopic (exact) mass is 735 g/mol. The van der Waals surface area contributed by atoms with Crippen molar-refractivity contribution < 1.29 is 23.6 Å². The van der Waals surface area contributed by atoms with E-state index in [0.717, 1.165) is 58.2 Å². The van der Waals surface area contributed by atoms with Gasteiger partial charge in [0.05, 0.1) is 11.1 Å². The summed E-state index contributed by atoms with van der Waals surface area (Å²) in [5.74, 6) is -0.641. The molecule has 0 aliphatic carbocycles. The SMILES string of the molecule is CCCCc1c(Br)[n+](Cc2ccc(-c3ccccc3C(=O)OC(C)(C)C)cc2)cn1Cc1ccc(-c2ccccc2C(=O)OC(C)(C)C)cc1. The zero-order valence-corrected chi connectivity index (χ0v) is 31.8. The highest BCUT2D eigenvalue weighted by molar-refractivity contribution is 9.10. The Bertz CT molecular complexity index is 1950. The predicted octanol–water partition coefficient (Wildman–Crippen LogP) is 10.2. The van der Waals surface area contributed by atoms with Crippen molar-refractivity contribution in [1.82, 2.24) is 4.57 Å². The number of aromatic nitrogens is 2. The van der Waals surface area contributed by atoms with Gasteiger partial charge in [0, 0.05) is 22.4 Å². The Labute approximate surface area is 305 Å². The molecule has 0 aliphatic heterocycles. The number of esters is 2. The van der Waals surface area contributed by atoms with Gasteiger partial charge in [0.25, 0.3) is 0 Å². The van der Waals surface area contributed by atoms with Crippen LogP contribution in [0.15, 0.2) is 108 Å². The fraction of sp³-hybridized carbons (Fsp3) is 0.326. The van der Waals surface area contributed by atoms with E-state index in [9.17, 15) is 9.59 Å². The highest BCUT2D eigenvalue weighted by Gasteiger charge is 2.24. The van der Waals surface area contributed by atoms with Gasteiger partial charge in [-0.15, -0.1) is 0 Å². The maximum atomic E-state index is 13.0. The van der Waals surface area contributed by atoms with Gasteiger partial charge in [-0.05, 0) is 93.5 Å². The van der Waals surface area contributed by atoms with Crippen molar-refractivity contribution in [2.24, 2.45) is 0 Å². The largest absolute Gasteiger partial charge is 0.456 e. The van der Waals surface area contributed by atoms with Crippen LogP contribution in [0.4, 0.5) is 0 Å². The molecule has 0 bridgehead atoms. The third kappa shape index (κ3) is 9.39. The van der Waals surface area contributed by atoms with Gasteiger partial charge in [0.1, 0.15) is 24.3 Å². The number of ether oxygens (including phenoxy) is 2. The second kappa shape index (κ2) is 15.6. The van der Waals surface area contributed by atoms with Gasteiger partial charge in [-0.3, -0.25) is 0 Å². The Morgan fingerprint density at radius 3 is 1.60 bits per heavy atom. The average Bonchev–Trinajstić information content (AvgIpc) is 3.35. The zero-order valence-electron chi connectivity index (χ0n) is 30.3. The number of benzene rings is 4. The molecule has 0 fully saturated rings. The van der Waals surface area contributed by atoms with Crippen molar-refractivity contribution in [3.8, 4) is 22.3 Å². The molecule has 0 aliphatic rings. The topological polar surface area (TPSA) is 61.4 Å². The van der Waals surface area contributed by atoms with Gasteiger partial charge in [-0.25, -0.2) is 18.7 Å². The van der Waals surface area contributed by atoms with E-state index < -0.39 is 11.2 Å². The minimum absolute atomic E-state index is 0.320. The van der Waals surface area contributed by atoms with E-state index in [0.29, 0.717) is 17.7 Å². The Balaban J connectivity index is 1.36. The van der Waals surface area contributed by atoms with Gasteiger partial charge < -0.3 is 9.47 Å². The van der Waals surface area contributed by atoms with Gasteiger partial charge in [-0.1, -0.05) is 98.3 Å². The summed E-state index contributed by atoms with van der Waals surface area (Å²) >= 11 is 3.93. The first-order valence-electron chi connectivity index (χ1n) is 17.3. The first kappa shape index (κ1) is 36.8. The highest BCUT2D eigenvalue weighted by atomic mass is 79.9. The van der Waals surface area contributed by atoms with Gasteiger partial charge in [0.15, 0.2) is 5.69 Å². The quantitative estimate of drug-likeness (QED) is 0.100. The van der Waals surface area contributed by atoms with Crippen LogP contribution in [0, 0.1) is 0 Å². The van der Waals surface area contributed by atoms with Crippen molar-refractivity contribution in [1.29, 1.82) is 0 Å². The minimum Gasteiger partial charge on any atom is -0.456 e. The van der Waals surface area contributed by atoms with E-state index in [4.69, 9.17) is 9.47 Å². The normalized spacial score (nSPS) is 11.8. The molecule has 0 spiro atoms. The van der Waals surface area contributed by atoms with E-state index in [-0.39, 0.29) is 11.9 Å². The van der Waals surface area contributed by atoms with Gasteiger partial charge in [-0.2, -0.15) is 0 Å². The molecule has 0 unspecified atom stereocenters. The lowest BCUT2D eigenvalue weighted by atomic mass is 9.98. The van der Waals surface area contributed by atoms with Crippen molar-refractivity contribution in [2.75, 3.05) is 0 Å². The molecule has 260 valence electrons. The summed E-state index contributed by atoms with van der Waals surface area (Å²) in [4.78, 5) is 25.9. The number of imidazole rings is 1. The molecule has 0 saturated heterocycles. The fourth-order valence-electron chi connectivity index (χ4n) is 5.88. The van der Waals surface area contributed by atoms with Crippen LogP contribution in [0.2, 0.25) is 0 Å². The molecule has 4 aromatic carbocycles. The third-order valence-electron chi connectivity index (χ3n) is 8.21. The van der Waals surface area contributed by atoms with E-state index >= 15 is 0 Å². The minimum atomic E-state index is -0.566. The first-order chi connectivity index (χ1) is 23.7. The highest BCUT2D eigenvalue weighted by Crippen LogP contribution is 2.28. The molecule has 6 nitrogen and oxygen atoms in total. The fourth-order valence-corrected chi connectivity index (χ4v) is 6.52. The summed E-state index contributed by atoms with van der Waals surface area (Å²) in [7, 11) is 0. The van der Waals surface area contributed by atoms with Crippen LogP contribution in [0.25, 0.3) is 22.3 Å². The number of hydrogen-bond donors (Lipinski definition) is 0. The molecular weight excluding hydrogens is 688 g/mol. The molecule has 7 heteroatoms. The second-order valence-corrected chi connectivity index (χ2v) is 15.5. The maximum Gasteiger partial charge on any atom is 0.339 e. The molecule has 0 amide bonds. The summed E-state index contributed by atoms with van der Waals surface area (Å²) in [6, 6.07) is 32.0. The van der Waals surface area contributed by atoms with Crippen LogP contribution >= 0.6 is 15.9 Å². The van der Waals surface area contributed by atoms with Crippen molar-refractivity contribution in [3.63, 3.8) is 0 Å². The molecule has 1 aromatic heterocycles. The molecule has 0 radical (unpaired) electrons. The van der Waals surface area contributed by atoms with Crippen LogP contribution < -0.4 is 4.57 Å². The van der Waals surface area contributed by atoms with E-state index in [1.165, 1.54) is 11.3 Å². The lowest BCUT2D eigenvalue weighted by Crippen LogP contribution is -2.33. The summed E-state index contributed by atoms with van der Waals surface area (Å²) in [6.07, 6.45) is 5.35. The predicted molar refractivity (Wildman–Crippen MR) is 203 cm³/mol. The molecule has 50 heavy (non-hydrogen) atoms. The van der Waals surface area contributed by atoms with Crippen molar-refractivity contribution >= 4 is 27.9 Å². The van der Waals surface area contributed by atoms with E-state index in [2.05, 4.69) is 86.8 Å². The number of carbonyl (C=O) groups excluding carboxylic acids is 2. The standard InChI is InChI=1S/C43H48BrN2O4/c1-8-9-18-38-39(44)46(28-31-21-25-33(26-22-31)35-15-11-13-17-37(35)41(48)50-43(5,6)7)29-45(38)27-30-19-23-32(24-20-30)34-14-10-12-16-36(34)40(47)49-42(2,3)4/h10-17,19-26,29H,8-9,18,27-28H2,1-7H3/q+1. The Morgan fingerprint density at radius 1 is 0.680 bits per heavy atom. The van der Waals surface area contributed by atoms with Crippen LogP contribution in [0.5, 0.6) is 0 Å². The molecule has 5 rings (SSSR count). The van der Waals surface area contributed by atoms with Gasteiger partial charge in [0.2, 0.25) is 10.9 Å². The third-order valence-corrected chi connectivity index (χ3v) is 9.12. The lowest BCUT2D eigenvalue weighted by Gasteiger charge is -2.20. The number of hydrogen-bond acceptors (Lipinski definition) is 4. The summed E-state index contributed by atoms with van der Waals surface area (Å²) in [6.45, 7) is 14.9. The summed E-state index contributed by atoms with van der Waals surface area (Å²) in [5.41, 5.74) is 7.23. The van der Waals surface area contributed by atoms with Crippen LogP contribution in [-0.2, 0) is 29.0 Å². The van der Waals surface area contributed by atoms with Crippen molar-refractivity contribution in [2.45, 2.75) is 92.0 Å². The van der Waals surface area contributed by atoms with Gasteiger partial charge >= 0.3 is 11.9 Å². The molecule has 5 aromatic rings. The Kier molecular flexibility index (Phi) is 11.5. The average molecular weight is 737 g/mol. The molecule has 0 N–H and O–H groups in total. The van der Waals surface area contributed by atoms with E-state index in [1.807, 2.05) is 90.1 Å². The second-order valence-electron chi connectivity index (χ2n) is 14.7. The van der Waals surface area contributed by atoms with Crippen LogP contribution in [0.1, 0.15) is 98.8 Å². The molecular formula is C43H48BrN2O4+. The first-order valence-corrected chi connectivity index (χ1v) is 18.1.